The van der Waals surface area contributed by atoms with Crippen LogP contribution in [0, 0.1) is 0 Å². The molecular weight excluding hydrogens is 306 g/mol. The molecule has 5 rings (SSSR count). The average molecular weight is 327 g/mol. The van der Waals surface area contributed by atoms with Crippen LogP contribution in [-0.2, 0) is 9.53 Å². The molecule has 24 heavy (non-hydrogen) atoms. The van der Waals surface area contributed by atoms with Crippen LogP contribution in [0.2, 0.25) is 0 Å². The van der Waals surface area contributed by atoms with Gasteiger partial charge in [-0.1, -0.05) is 12.2 Å². The lowest BCUT2D eigenvalue weighted by atomic mass is 9.78. The predicted octanol–water partition coefficient (Wildman–Crippen LogP) is 2.91. The lowest BCUT2D eigenvalue weighted by molar-refractivity contribution is -0.148. The summed E-state index contributed by atoms with van der Waals surface area (Å²) in [6.07, 6.45) is 7.84. The second-order valence-electron chi connectivity index (χ2n) is 7.20. The van der Waals surface area contributed by atoms with E-state index in [4.69, 9.17) is 14.2 Å². The molecule has 0 amide bonds. The number of hydrogen-bond acceptors (Lipinski definition) is 5. The summed E-state index contributed by atoms with van der Waals surface area (Å²) in [6.45, 7) is 3.56. The number of rotatable bonds is 1. The fourth-order valence-corrected chi connectivity index (χ4v) is 5.04. The summed E-state index contributed by atoms with van der Waals surface area (Å²) in [4.78, 5) is 14.2. The highest BCUT2D eigenvalue weighted by Crippen LogP contribution is 2.54. The van der Waals surface area contributed by atoms with Crippen molar-refractivity contribution in [2.75, 3.05) is 19.9 Å². The van der Waals surface area contributed by atoms with Crippen molar-refractivity contribution in [2.24, 2.45) is 0 Å². The fourth-order valence-electron chi connectivity index (χ4n) is 5.04. The number of hydrogen-bond donors (Lipinski definition) is 0. The Bertz CT molecular complexity index is 743. The molecule has 3 aliphatic heterocycles. The first-order chi connectivity index (χ1) is 11.7. The van der Waals surface area contributed by atoms with Gasteiger partial charge in [0.05, 0.1) is 0 Å². The molecule has 0 unspecified atom stereocenters. The van der Waals surface area contributed by atoms with E-state index in [2.05, 4.69) is 23.1 Å². The van der Waals surface area contributed by atoms with E-state index < -0.39 is 0 Å². The molecule has 1 fully saturated rings. The number of fused-ring (bicyclic) bond motifs is 3. The van der Waals surface area contributed by atoms with Crippen LogP contribution in [0.5, 0.6) is 11.5 Å². The topological polar surface area (TPSA) is 48.0 Å². The average Bonchev–Trinajstić information content (AvgIpc) is 3.25. The highest BCUT2D eigenvalue weighted by atomic mass is 16.7. The Labute approximate surface area is 141 Å². The molecule has 0 bridgehead atoms. The summed E-state index contributed by atoms with van der Waals surface area (Å²) in [5, 5.41) is 0. The van der Waals surface area contributed by atoms with Crippen LogP contribution in [-0.4, -0.2) is 36.3 Å². The Morgan fingerprint density at radius 2 is 2.08 bits per heavy atom. The zero-order valence-electron chi connectivity index (χ0n) is 13.8. The molecule has 5 heteroatoms. The van der Waals surface area contributed by atoms with Crippen LogP contribution in [0.1, 0.15) is 49.3 Å². The fraction of sp³-hybridized carbons (Fsp3) is 0.526. The zero-order valence-corrected chi connectivity index (χ0v) is 13.8. The van der Waals surface area contributed by atoms with E-state index >= 15 is 0 Å². The van der Waals surface area contributed by atoms with E-state index in [1.165, 1.54) is 25.3 Å². The highest BCUT2D eigenvalue weighted by molar-refractivity contribution is 5.67. The third-order valence-corrected chi connectivity index (χ3v) is 6.00. The third kappa shape index (κ3) is 1.88. The van der Waals surface area contributed by atoms with Gasteiger partial charge in [0, 0.05) is 30.5 Å². The SMILES string of the molecule is CC(=O)O[C@H]1CN2CCC[C@]23CC=C[C@@H]3c2cc3c(cc21)OCO3. The summed E-state index contributed by atoms with van der Waals surface area (Å²) >= 11 is 0. The zero-order chi connectivity index (χ0) is 16.3. The largest absolute Gasteiger partial charge is 0.456 e. The predicted molar refractivity (Wildman–Crippen MR) is 87.1 cm³/mol. The molecule has 5 nitrogen and oxygen atoms in total. The van der Waals surface area contributed by atoms with Crippen LogP contribution in [0.4, 0.5) is 0 Å². The first-order valence-corrected chi connectivity index (χ1v) is 8.70. The Morgan fingerprint density at radius 1 is 1.29 bits per heavy atom. The molecule has 1 aromatic carbocycles. The van der Waals surface area contributed by atoms with Crippen molar-refractivity contribution in [1.82, 2.24) is 4.90 Å². The maximum absolute atomic E-state index is 11.7. The molecule has 0 radical (unpaired) electrons. The molecule has 0 N–H and O–H groups in total. The Morgan fingerprint density at radius 3 is 2.88 bits per heavy atom. The van der Waals surface area contributed by atoms with E-state index in [1.807, 2.05) is 6.07 Å². The van der Waals surface area contributed by atoms with Crippen molar-refractivity contribution < 1.29 is 19.0 Å². The van der Waals surface area contributed by atoms with Crippen molar-refractivity contribution >= 4 is 5.97 Å². The molecular formula is C19H21NO4. The van der Waals surface area contributed by atoms with Crippen molar-refractivity contribution in [3.63, 3.8) is 0 Å². The van der Waals surface area contributed by atoms with Crippen molar-refractivity contribution in [3.8, 4) is 11.5 Å². The number of nitrogens with zero attached hydrogens (tertiary/aromatic N) is 1. The molecule has 1 aliphatic carbocycles. The van der Waals surface area contributed by atoms with Crippen molar-refractivity contribution in [1.29, 1.82) is 0 Å². The number of esters is 1. The molecule has 1 spiro atoms. The normalized spacial score (nSPS) is 32.9. The van der Waals surface area contributed by atoms with Crippen molar-refractivity contribution in [2.45, 2.75) is 43.7 Å². The first kappa shape index (κ1) is 14.3. The third-order valence-electron chi connectivity index (χ3n) is 6.00. The first-order valence-electron chi connectivity index (χ1n) is 8.70. The Hall–Kier alpha value is -2.01. The number of carbonyl (C=O) groups excluding carboxylic acids is 1. The minimum atomic E-state index is -0.249. The van der Waals surface area contributed by atoms with Crippen LogP contribution in [0.3, 0.4) is 0 Å². The minimum Gasteiger partial charge on any atom is -0.456 e. The monoisotopic (exact) mass is 327 g/mol. The smallest absolute Gasteiger partial charge is 0.303 e. The lowest BCUT2D eigenvalue weighted by Gasteiger charge is -2.39. The van der Waals surface area contributed by atoms with Gasteiger partial charge in [0.1, 0.15) is 6.10 Å². The quantitative estimate of drug-likeness (QED) is 0.586. The van der Waals surface area contributed by atoms with E-state index in [-0.39, 0.29) is 24.4 Å². The number of ether oxygens (including phenoxy) is 3. The standard InChI is InChI=1S/C19H21NO4/c1-12(21)24-18-10-20-7-3-6-19(20)5-2-4-15(19)13-8-16-17(9-14(13)18)23-11-22-16/h2,4,8-9,15,18H,3,5-7,10-11H2,1H3/t15-,18+,19+/m1/s1. The Kier molecular flexibility index (Phi) is 2.98. The van der Waals surface area contributed by atoms with Gasteiger partial charge < -0.3 is 14.2 Å². The summed E-state index contributed by atoms with van der Waals surface area (Å²) < 4.78 is 16.9. The van der Waals surface area contributed by atoms with Gasteiger partial charge in [-0.2, -0.15) is 0 Å². The number of carbonyl (C=O) groups is 1. The maximum Gasteiger partial charge on any atom is 0.303 e. The minimum absolute atomic E-state index is 0.136. The van der Waals surface area contributed by atoms with E-state index in [9.17, 15) is 4.79 Å². The summed E-state index contributed by atoms with van der Waals surface area (Å²) in [6, 6.07) is 4.13. The maximum atomic E-state index is 11.7. The van der Waals surface area contributed by atoms with Crippen LogP contribution >= 0.6 is 0 Å². The van der Waals surface area contributed by atoms with E-state index in [0.717, 1.165) is 36.6 Å². The summed E-state index contributed by atoms with van der Waals surface area (Å²) in [7, 11) is 0. The lowest BCUT2D eigenvalue weighted by Crippen LogP contribution is -2.46. The summed E-state index contributed by atoms with van der Waals surface area (Å²) in [5.74, 6) is 1.64. The van der Waals surface area contributed by atoms with Gasteiger partial charge in [-0.05, 0) is 43.5 Å². The van der Waals surface area contributed by atoms with Gasteiger partial charge in [-0.3, -0.25) is 9.69 Å². The van der Waals surface area contributed by atoms with Crippen LogP contribution in [0.15, 0.2) is 24.3 Å². The van der Waals surface area contributed by atoms with Crippen molar-refractivity contribution in [3.05, 3.63) is 35.4 Å². The molecule has 1 aromatic rings. The molecule has 4 aliphatic rings. The molecule has 0 saturated carbocycles. The van der Waals surface area contributed by atoms with Crippen LogP contribution in [0.25, 0.3) is 0 Å². The van der Waals surface area contributed by atoms with Gasteiger partial charge >= 0.3 is 5.97 Å². The molecule has 3 atom stereocenters. The van der Waals surface area contributed by atoms with Gasteiger partial charge in [0.25, 0.3) is 0 Å². The molecule has 0 aromatic heterocycles. The second kappa shape index (κ2) is 4.99. The van der Waals surface area contributed by atoms with Crippen LogP contribution < -0.4 is 9.47 Å². The van der Waals surface area contributed by atoms with E-state index in [1.54, 1.807) is 0 Å². The Balaban J connectivity index is 1.69. The molecule has 3 heterocycles. The highest BCUT2D eigenvalue weighted by Gasteiger charge is 2.52. The van der Waals surface area contributed by atoms with Gasteiger partial charge in [-0.15, -0.1) is 0 Å². The molecule has 1 saturated heterocycles. The summed E-state index contributed by atoms with van der Waals surface area (Å²) in [5.41, 5.74) is 2.43. The van der Waals surface area contributed by atoms with E-state index in [0.29, 0.717) is 5.92 Å². The van der Waals surface area contributed by atoms with Gasteiger partial charge in [0.2, 0.25) is 6.79 Å². The molecule has 126 valence electrons. The second-order valence-corrected chi connectivity index (χ2v) is 7.20. The van der Waals surface area contributed by atoms with Gasteiger partial charge in [0.15, 0.2) is 11.5 Å². The van der Waals surface area contributed by atoms with Gasteiger partial charge in [-0.25, -0.2) is 0 Å². The number of benzene rings is 1.